The molecule has 7 nitrogen and oxygen atoms in total. The number of halogens is 2. The largest absolute Gasteiger partial charge is 0.368 e. The molecule has 1 saturated heterocycles. The Balaban J connectivity index is 0.00000150. The van der Waals surface area contributed by atoms with Crippen LogP contribution in [0.2, 0.25) is 0 Å². The third-order valence-corrected chi connectivity index (χ3v) is 5.47. The van der Waals surface area contributed by atoms with Crippen LogP contribution < -0.4 is 21.5 Å². The molecular formula is C20H27Cl2N5O2. The number of nitrogens with zero attached hydrogens (tertiary/aromatic N) is 2. The first-order chi connectivity index (χ1) is 13.1. The second-order valence-electron chi connectivity index (χ2n) is 7.40. The Labute approximate surface area is 182 Å². The Morgan fingerprint density at radius 3 is 2.86 bits per heavy atom. The number of fused-ring (bicyclic) bond motifs is 4. The summed E-state index contributed by atoms with van der Waals surface area (Å²) in [6, 6.07) is 7.48. The molecule has 3 N–H and O–H groups in total. The first kappa shape index (κ1) is 23.2. The van der Waals surface area contributed by atoms with Crippen LogP contribution in [-0.2, 0) is 6.54 Å². The van der Waals surface area contributed by atoms with E-state index in [2.05, 4.69) is 20.9 Å². The molecule has 2 aromatic heterocycles. The van der Waals surface area contributed by atoms with E-state index in [1.165, 1.54) is 0 Å². The van der Waals surface area contributed by atoms with Crippen LogP contribution in [0.3, 0.4) is 0 Å². The highest BCUT2D eigenvalue weighted by molar-refractivity contribution is 5.93. The van der Waals surface area contributed by atoms with Gasteiger partial charge in [-0.3, -0.25) is 9.59 Å². The summed E-state index contributed by atoms with van der Waals surface area (Å²) in [5.41, 5.74) is 2.15. The van der Waals surface area contributed by atoms with Crippen molar-refractivity contribution in [2.24, 2.45) is 5.92 Å². The first-order valence-electron chi connectivity index (χ1n) is 9.51. The van der Waals surface area contributed by atoms with Crippen LogP contribution in [0.5, 0.6) is 0 Å². The number of aryl methyl sites for hydroxylation is 1. The Morgan fingerprint density at radius 1 is 1.24 bits per heavy atom. The van der Waals surface area contributed by atoms with E-state index in [9.17, 15) is 9.59 Å². The molecule has 1 amide bonds. The quantitative estimate of drug-likeness (QED) is 0.619. The van der Waals surface area contributed by atoms with Gasteiger partial charge in [0.05, 0.1) is 0 Å². The van der Waals surface area contributed by atoms with Gasteiger partial charge in [0.15, 0.2) is 0 Å². The Hall–Kier alpha value is -2.09. The zero-order chi connectivity index (χ0) is 18.8. The number of nitrogens with one attached hydrogen (secondary N) is 3. The molecule has 1 fully saturated rings. The van der Waals surface area contributed by atoms with E-state index >= 15 is 0 Å². The van der Waals surface area contributed by atoms with E-state index < -0.39 is 0 Å². The number of pyridine rings is 2. The molecule has 2 aliphatic rings. The first-order valence-corrected chi connectivity index (χ1v) is 9.51. The van der Waals surface area contributed by atoms with Crippen LogP contribution in [0.4, 0.5) is 5.82 Å². The van der Waals surface area contributed by atoms with Crippen molar-refractivity contribution in [1.29, 1.82) is 0 Å². The van der Waals surface area contributed by atoms with Gasteiger partial charge in [0.25, 0.3) is 11.5 Å². The summed E-state index contributed by atoms with van der Waals surface area (Å²) < 4.78 is 1.81. The van der Waals surface area contributed by atoms with Crippen LogP contribution in [0, 0.1) is 12.8 Å². The van der Waals surface area contributed by atoms with Crippen LogP contribution in [0.1, 0.15) is 34.0 Å². The predicted molar refractivity (Wildman–Crippen MR) is 119 cm³/mol. The Kier molecular flexibility index (Phi) is 8.07. The van der Waals surface area contributed by atoms with Gasteiger partial charge in [-0.25, -0.2) is 4.98 Å². The number of rotatable bonds is 5. The summed E-state index contributed by atoms with van der Waals surface area (Å²) in [7, 11) is 0. The Morgan fingerprint density at radius 2 is 2.07 bits per heavy atom. The van der Waals surface area contributed by atoms with Gasteiger partial charge < -0.3 is 20.5 Å². The molecule has 2 bridgehead atoms. The topological polar surface area (TPSA) is 88.1 Å². The van der Waals surface area contributed by atoms with E-state index in [1.54, 1.807) is 12.3 Å². The highest BCUT2D eigenvalue weighted by atomic mass is 35.5. The van der Waals surface area contributed by atoms with Gasteiger partial charge in [0.1, 0.15) is 11.4 Å². The summed E-state index contributed by atoms with van der Waals surface area (Å²) >= 11 is 0. The van der Waals surface area contributed by atoms with Crippen molar-refractivity contribution in [2.45, 2.75) is 25.8 Å². The van der Waals surface area contributed by atoms with E-state index in [4.69, 9.17) is 0 Å². The summed E-state index contributed by atoms with van der Waals surface area (Å²) in [5, 5.41) is 9.46. The molecule has 0 spiro atoms. The number of anilines is 1. The van der Waals surface area contributed by atoms with Gasteiger partial charge in [-0.05, 0) is 49.6 Å². The van der Waals surface area contributed by atoms with Crippen molar-refractivity contribution in [3.8, 4) is 0 Å². The van der Waals surface area contributed by atoms with E-state index in [1.807, 2.05) is 29.7 Å². The Bertz CT molecular complexity index is 918. The zero-order valence-electron chi connectivity index (χ0n) is 16.3. The van der Waals surface area contributed by atoms with Crippen molar-refractivity contribution < 1.29 is 4.79 Å². The number of amides is 1. The SMILES string of the molecule is Cc1cccnc1NCCNC(=O)c1ccc2n(c1=O)C[C@@H]1CNC[C@H]2C1.Cl.Cl. The third-order valence-electron chi connectivity index (χ3n) is 5.47. The summed E-state index contributed by atoms with van der Waals surface area (Å²) in [5.74, 6) is 1.33. The fourth-order valence-electron chi connectivity index (χ4n) is 4.09. The molecule has 0 radical (unpaired) electrons. The molecule has 4 rings (SSSR count). The monoisotopic (exact) mass is 439 g/mol. The minimum Gasteiger partial charge on any atom is -0.368 e. The molecule has 0 aliphatic carbocycles. The zero-order valence-corrected chi connectivity index (χ0v) is 17.9. The average molecular weight is 440 g/mol. The van der Waals surface area contributed by atoms with E-state index in [-0.39, 0.29) is 41.8 Å². The number of carbonyl (C=O) groups is 1. The number of carbonyl (C=O) groups excluding carboxylic acids is 1. The average Bonchev–Trinajstić information content (AvgIpc) is 2.67. The van der Waals surface area contributed by atoms with Crippen molar-refractivity contribution in [2.75, 3.05) is 31.5 Å². The van der Waals surface area contributed by atoms with Crippen molar-refractivity contribution in [1.82, 2.24) is 20.2 Å². The maximum Gasteiger partial charge on any atom is 0.263 e. The molecule has 4 heterocycles. The molecule has 2 aliphatic heterocycles. The number of hydrogen-bond donors (Lipinski definition) is 3. The fraction of sp³-hybridized carbons (Fsp3) is 0.450. The fourth-order valence-corrected chi connectivity index (χ4v) is 4.09. The molecule has 0 unspecified atom stereocenters. The van der Waals surface area contributed by atoms with Crippen LogP contribution in [0.15, 0.2) is 35.3 Å². The van der Waals surface area contributed by atoms with Gasteiger partial charge in [-0.2, -0.15) is 0 Å². The molecule has 2 aromatic rings. The maximum atomic E-state index is 12.8. The van der Waals surface area contributed by atoms with E-state index in [0.29, 0.717) is 31.5 Å². The molecule has 2 atom stereocenters. The normalized spacial score (nSPS) is 19.2. The number of hydrogen-bond acceptors (Lipinski definition) is 5. The van der Waals surface area contributed by atoms with Gasteiger partial charge in [-0.15, -0.1) is 24.8 Å². The van der Waals surface area contributed by atoms with Crippen LogP contribution in [-0.4, -0.2) is 41.6 Å². The summed E-state index contributed by atoms with van der Waals surface area (Å²) in [4.78, 5) is 29.6. The molecule has 29 heavy (non-hydrogen) atoms. The lowest BCUT2D eigenvalue weighted by Gasteiger charge is -2.37. The maximum absolute atomic E-state index is 12.8. The summed E-state index contributed by atoms with van der Waals surface area (Å²) in [6.07, 6.45) is 2.85. The molecular weight excluding hydrogens is 413 g/mol. The molecule has 0 aromatic carbocycles. The van der Waals surface area contributed by atoms with Gasteiger partial charge in [0, 0.05) is 44.0 Å². The summed E-state index contributed by atoms with van der Waals surface area (Å²) in [6.45, 7) is 5.49. The number of aromatic nitrogens is 2. The molecule has 158 valence electrons. The minimum absolute atomic E-state index is 0. The van der Waals surface area contributed by atoms with Gasteiger partial charge >= 0.3 is 0 Å². The smallest absolute Gasteiger partial charge is 0.263 e. The lowest BCUT2D eigenvalue weighted by molar-refractivity contribution is 0.0952. The third kappa shape index (κ3) is 4.91. The van der Waals surface area contributed by atoms with Gasteiger partial charge in [0.2, 0.25) is 0 Å². The standard InChI is InChI=1S/C20H25N5O2.2ClH/c1-13-3-2-6-22-18(13)23-7-8-24-19(26)16-4-5-17-15-9-14(10-21-11-15)12-25(17)20(16)27;;/h2-6,14-15,21H,7-12H2,1H3,(H,22,23)(H,24,26);2*1H/t14-,15+;;/m0../s1. The second-order valence-corrected chi connectivity index (χ2v) is 7.40. The molecule has 9 heteroatoms. The lowest BCUT2D eigenvalue weighted by Crippen LogP contribution is -2.46. The molecule has 0 saturated carbocycles. The number of piperidine rings is 1. The van der Waals surface area contributed by atoms with Crippen LogP contribution >= 0.6 is 24.8 Å². The highest BCUT2D eigenvalue weighted by Crippen LogP contribution is 2.31. The lowest BCUT2D eigenvalue weighted by atomic mass is 9.84. The predicted octanol–water partition coefficient (Wildman–Crippen LogP) is 1.94. The van der Waals surface area contributed by atoms with Crippen molar-refractivity contribution in [3.63, 3.8) is 0 Å². The van der Waals surface area contributed by atoms with Crippen LogP contribution in [0.25, 0.3) is 0 Å². The van der Waals surface area contributed by atoms with Crippen molar-refractivity contribution >= 4 is 36.5 Å². The minimum atomic E-state index is -0.316. The van der Waals surface area contributed by atoms with Gasteiger partial charge in [-0.1, -0.05) is 6.07 Å². The highest BCUT2D eigenvalue weighted by Gasteiger charge is 2.31. The van der Waals surface area contributed by atoms with Crippen molar-refractivity contribution in [3.05, 3.63) is 57.6 Å². The second kappa shape index (κ2) is 10.1. The van der Waals surface area contributed by atoms with E-state index in [0.717, 1.165) is 36.6 Å².